The standard InChI is InChI=1S/C22H16F2N2O/c1-2-19-21(24)13(7-8-26-19)10-17-18(23)11-16(22(25)27)15-9-12-5-3-4-6-14(12)20(15)17/h2-8,11H,1,9-10H2,(H2,25,27). The summed E-state index contributed by atoms with van der Waals surface area (Å²) in [7, 11) is 0. The number of aromatic nitrogens is 1. The Balaban J connectivity index is 1.95. The van der Waals surface area contributed by atoms with Crippen molar-refractivity contribution in [1.82, 2.24) is 4.98 Å². The molecule has 0 saturated carbocycles. The second kappa shape index (κ2) is 6.43. The molecule has 0 unspecified atom stereocenters. The van der Waals surface area contributed by atoms with E-state index in [1.165, 1.54) is 18.3 Å². The number of carbonyl (C=O) groups excluding carboxylic acids is 1. The second-order valence-electron chi connectivity index (χ2n) is 6.49. The van der Waals surface area contributed by atoms with E-state index < -0.39 is 17.5 Å². The smallest absolute Gasteiger partial charge is 0.249 e. The number of nitrogens with zero attached hydrogens (tertiary/aromatic N) is 1. The molecule has 0 bridgehead atoms. The molecule has 2 aromatic carbocycles. The highest BCUT2D eigenvalue weighted by atomic mass is 19.1. The van der Waals surface area contributed by atoms with Gasteiger partial charge in [0.05, 0.1) is 5.69 Å². The molecule has 3 nitrogen and oxygen atoms in total. The fraction of sp³-hybridized carbons (Fsp3) is 0.0909. The van der Waals surface area contributed by atoms with Crippen LogP contribution in [0.4, 0.5) is 8.78 Å². The maximum absolute atomic E-state index is 15.0. The van der Waals surface area contributed by atoms with Crippen LogP contribution in [-0.2, 0) is 12.8 Å². The van der Waals surface area contributed by atoms with Crippen LogP contribution in [-0.4, -0.2) is 10.9 Å². The molecule has 1 amide bonds. The minimum Gasteiger partial charge on any atom is -0.366 e. The summed E-state index contributed by atoms with van der Waals surface area (Å²) >= 11 is 0. The fourth-order valence-corrected chi connectivity index (χ4v) is 3.72. The van der Waals surface area contributed by atoms with Crippen LogP contribution in [0.15, 0.2) is 49.2 Å². The Morgan fingerprint density at radius 3 is 2.78 bits per heavy atom. The Hall–Kier alpha value is -3.34. The van der Waals surface area contributed by atoms with Gasteiger partial charge in [-0.15, -0.1) is 0 Å². The first kappa shape index (κ1) is 17.1. The van der Waals surface area contributed by atoms with Crippen molar-refractivity contribution in [1.29, 1.82) is 0 Å². The number of hydrogen-bond acceptors (Lipinski definition) is 2. The third kappa shape index (κ3) is 2.72. The topological polar surface area (TPSA) is 56.0 Å². The fourth-order valence-electron chi connectivity index (χ4n) is 3.72. The minimum atomic E-state index is -0.673. The summed E-state index contributed by atoms with van der Waals surface area (Å²) in [5.41, 5.74) is 9.60. The van der Waals surface area contributed by atoms with Crippen molar-refractivity contribution in [3.63, 3.8) is 0 Å². The highest BCUT2D eigenvalue weighted by Gasteiger charge is 2.28. The van der Waals surface area contributed by atoms with Gasteiger partial charge in [-0.25, -0.2) is 8.78 Å². The molecule has 1 heterocycles. The molecule has 1 aliphatic carbocycles. The molecule has 3 aromatic rings. The second-order valence-corrected chi connectivity index (χ2v) is 6.49. The molecule has 0 radical (unpaired) electrons. The van der Waals surface area contributed by atoms with E-state index in [-0.39, 0.29) is 17.7 Å². The lowest BCUT2D eigenvalue weighted by Crippen LogP contribution is -2.15. The number of primary amides is 1. The summed E-state index contributed by atoms with van der Waals surface area (Å²) in [5.74, 6) is -1.77. The molecule has 1 aromatic heterocycles. The molecule has 0 aliphatic heterocycles. The number of rotatable bonds is 4. The monoisotopic (exact) mass is 362 g/mol. The summed E-state index contributed by atoms with van der Waals surface area (Å²) in [6, 6.07) is 10.3. The van der Waals surface area contributed by atoms with Crippen LogP contribution in [0.1, 0.15) is 38.3 Å². The van der Waals surface area contributed by atoms with Crippen LogP contribution < -0.4 is 5.73 Å². The molecule has 134 valence electrons. The lowest BCUT2D eigenvalue weighted by molar-refractivity contribution is 0.0999. The van der Waals surface area contributed by atoms with Crippen molar-refractivity contribution >= 4 is 12.0 Å². The van der Waals surface area contributed by atoms with Gasteiger partial charge in [0.25, 0.3) is 0 Å². The Labute approximate surface area is 155 Å². The predicted octanol–water partition coefficient (Wildman–Crippen LogP) is 4.26. The van der Waals surface area contributed by atoms with Gasteiger partial charge < -0.3 is 5.73 Å². The van der Waals surface area contributed by atoms with E-state index in [0.29, 0.717) is 28.7 Å². The molecular weight excluding hydrogens is 346 g/mol. The van der Waals surface area contributed by atoms with E-state index in [0.717, 1.165) is 17.2 Å². The molecule has 5 heteroatoms. The number of carbonyl (C=O) groups is 1. The molecule has 0 fully saturated rings. The molecule has 4 rings (SSSR count). The lowest BCUT2D eigenvalue weighted by Gasteiger charge is -2.15. The maximum atomic E-state index is 15.0. The van der Waals surface area contributed by atoms with Gasteiger partial charge in [-0.2, -0.15) is 0 Å². The van der Waals surface area contributed by atoms with Crippen molar-refractivity contribution < 1.29 is 13.6 Å². The van der Waals surface area contributed by atoms with Crippen molar-refractivity contribution in [2.24, 2.45) is 5.73 Å². The highest BCUT2D eigenvalue weighted by Crippen LogP contribution is 2.42. The van der Waals surface area contributed by atoms with Crippen LogP contribution in [0.5, 0.6) is 0 Å². The number of amides is 1. The van der Waals surface area contributed by atoms with E-state index in [9.17, 15) is 13.6 Å². The largest absolute Gasteiger partial charge is 0.366 e. The first-order valence-electron chi connectivity index (χ1n) is 8.49. The molecular formula is C22H16F2N2O. The number of hydrogen-bond donors (Lipinski definition) is 1. The zero-order valence-corrected chi connectivity index (χ0v) is 14.4. The van der Waals surface area contributed by atoms with Crippen molar-refractivity contribution in [2.45, 2.75) is 12.8 Å². The van der Waals surface area contributed by atoms with Crippen molar-refractivity contribution in [3.05, 3.63) is 94.3 Å². The maximum Gasteiger partial charge on any atom is 0.249 e. The average molecular weight is 362 g/mol. The van der Waals surface area contributed by atoms with Gasteiger partial charge in [-0.3, -0.25) is 9.78 Å². The van der Waals surface area contributed by atoms with Gasteiger partial charge in [0.1, 0.15) is 5.82 Å². The molecule has 0 spiro atoms. The van der Waals surface area contributed by atoms with Gasteiger partial charge in [0, 0.05) is 23.7 Å². The summed E-state index contributed by atoms with van der Waals surface area (Å²) in [6.07, 6.45) is 3.33. The Morgan fingerprint density at radius 1 is 1.26 bits per heavy atom. The van der Waals surface area contributed by atoms with Crippen LogP contribution >= 0.6 is 0 Å². The predicted molar refractivity (Wildman–Crippen MR) is 100 cm³/mol. The van der Waals surface area contributed by atoms with Crippen LogP contribution in [0, 0.1) is 11.6 Å². The van der Waals surface area contributed by atoms with Crippen molar-refractivity contribution in [2.75, 3.05) is 0 Å². The minimum absolute atomic E-state index is 0.0384. The van der Waals surface area contributed by atoms with E-state index in [1.54, 1.807) is 0 Å². The summed E-state index contributed by atoms with van der Waals surface area (Å²) in [4.78, 5) is 15.8. The number of benzene rings is 2. The Bertz CT molecular complexity index is 1110. The highest BCUT2D eigenvalue weighted by molar-refractivity contribution is 5.98. The Kier molecular flexibility index (Phi) is 4.07. The Morgan fingerprint density at radius 2 is 2.04 bits per heavy atom. The van der Waals surface area contributed by atoms with E-state index in [2.05, 4.69) is 11.6 Å². The normalized spacial score (nSPS) is 11.8. The number of fused-ring (bicyclic) bond motifs is 3. The first-order chi connectivity index (χ1) is 13.0. The molecule has 0 atom stereocenters. The van der Waals surface area contributed by atoms with E-state index >= 15 is 0 Å². The van der Waals surface area contributed by atoms with Gasteiger partial charge in [0.15, 0.2) is 5.82 Å². The van der Waals surface area contributed by atoms with Gasteiger partial charge in [0.2, 0.25) is 5.91 Å². The quantitative estimate of drug-likeness (QED) is 0.590. The van der Waals surface area contributed by atoms with E-state index in [1.807, 2.05) is 24.3 Å². The third-order valence-electron chi connectivity index (χ3n) is 4.96. The lowest BCUT2D eigenvalue weighted by atomic mass is 9.91. The zero-order valence-electron chi connectivity index (χ0n) is 14.4. The van der Waals surface area contributed by atoms with E-state index in [4.69, 9.17) is 5.73 Å². The SMILES string of the molecule is C=Cc1nccc(Cc2c(F)cc(C(N)=O)c3c2-c2ccccc2C3)c1F. The van der Waals surface area contributed by atoms with Gasteiger partial charge >= 0.3 is 0 Å². The average Bonchev–Trinajstić information content (AvgIpc) is 3.04. The van der Waals surface area contributed by atoms with Gasteiger partial charge in [-0.05, 0) is 52.4 Å². The summed E-state index contributed by atoms with van der Waals surface area (Å²) < 4.78 is 29.6. The van der Waals surface area contributed by atoms with Gasteiger partial charge in [-0.1, -0.05) is 30.8 Å². The van der Waals surface area contributed by atoms with Crippen LogP contribution in [0.2, 0.25) is 0 Å². The molecule has 1 aliphatic rings. The van der Waals surface area contributed by atoms with Crippen LogP contribution in [0.3, 0.4) is 0 Å². The van der Waals surface area contributed by atoms with Crippen molar-refractivity contribution in [3.8, 4) is 11.1 Å². The number of pyridine rings is 1. The number of halogens is 2. The summed E-state index contributed by atoms with van der Waals surface area (Å²) in [6.45, 7) is 3.55. The summed E-state index contributed by atoms with van der Waals surface area (Å²) in [5, 5.41) is 0. The molecule has 0 saturated heterocycles. The third-order valence-corrected chi connectivity index (χ3v) is 4.96. The molecule has 27 heavy (non-hydrogen) atoms. The molecule has 2 N–H and O–H groups in total. The first-order valence-corrected chi connectivity index (χ1v) is 8.49. The zero-order chi connectivity index (χ0) is 19.1. The number of nitrogens with two attached hydrogens (primary N) is 1. The van der Waals surface area contributed by atoms with Crippen LogP contribution in [0.25, 0.3) is 17.2 Å².